The smallest absolute Gasteiger partial charge is 0.246 e. The van der Waals surface area contributed by atoms with E-state index in [9.17, 15) is 4.79 Å². The number of carbonyl (C=O) groups excluding carboxylic acids is 1. The standard InChI is InChI=1S/C23H25N3O4/c1-16-20(17(2)30-25-16)15-29-21-10-8-18(13-22(21)28-4)9-11-23(27)26(3)14-19-7-5-6-12-24-19/h5-13H,14-15H2,1-4H3. The van der Waals surface area contributed by atoms with Crippen molar-refractivity contribution in [2.24, 2.45) is 0 Å². The summed E-state index contributed by atoms with van der Waals surface area (Å²) in [7, 11) is 3.32. The molecule has 0 saturated heterocycles. The second-order valence-corrected chi connectivity index (χ2v) is 6.85. The molecular formula is C23H25N3O4. The highest BCUT2D eigenvalue weighted by atomic mass is 16.5. The minimum absolute atomic E-state index is 0.113. The second-order valence-electron chi connectivity index (χ2n) is 6.85. The average molecular weight is 407 g/mol. The molecule has 30 heavy (non-hydrogen) atoms. The molecule has 3 rings (SSSR count). The Balaban J connectivity index is 1.64. The molecule has 0 bridgehead atoms. The molecule has 0 radical (unpaired) electrons. The minimum Gasteiger partial charge on any atom is -0.493 e. The zero-order valence-electron chi connectivity index (χ0n) is 17.6. The predicted molar refractivity (Wildman–Crippen MR) is 113 cm³/mol. The fourth-order valence-corrected chi connectivity index (χ4v) is 2.87. The van der Waals surface area contributed by atoms with E-state index in [-0.39, 0.29) is 5.91 Å². The molecule has 7 nitrogen and oxygen atoms in total. The molecule has 0 saturated carbocycles. The topological polar surface area (TPSA) is 77.7 Å². The van der Waals surface area contributed by atoms with Gasteiger partial charge in [-0.25, -0.2) is 0 Å². The van der Waals surface area contributed by atoms with Crippen LogP contribution in [0, 0.1) is 13.8 Å². The van der Waals surface area contributed by atoms with Gasteiger partial charge >= 0.3 is 0 Å². The number of ether oxygens (including phenoxy) is 2. The van der Waals surface area contributed by atoms with Crippen LogP contribution >= 0.6 is 0 Å². The number of pyridine rings is 1. The van der Waals surface area contributed by atoms with Crippen LogP contribution in [0.15, 0.2) is 53.2 Å². The molecule has 7 heteroatoms. The molecule has 2 aromatic heterocycles. The number of amides is 1. The summed E-state index contributed by atoms with van der Waals surface area (Å²) in [6, 6.07) is 11.1. The van der Waals surface area contributed by atoms with Crippen LogP contribution in [0.3, 0.4) is 0 Å². The van der Waals surface area contributed by atoms with Crippen molar-refractivity contribution in [2.45, 2.75) is 27.0 Å². The van der Waals surface area contributed by atoms with Gasteiger partial charge in [-0.15, -0.1) is 0 Å². The Morgan fingerprint density at radius 2 is 2.03 bits per heavy atom. The van der Waals surface area contributed by atoms with Crippen molar-refractivity contribution in [2.75, 3.05) is 14.2 Å². The van der Waals surface area contributed by atoms with Crippen LogP contribution in [0.1, 0.15) is 28.3 Å². The molecule has 0 aliphatic carbocycles. The van der Waals surface area contributed by atoms with E-state index in [1.165, 1.54) is 6.08 Å². The fourth-order valence-electron chi connectivity index (χ4n) is 2.87. The monoisotopic (exact) mass is 407 g/mol. The van der Waals surface area contributed by atoms with Gasteiger partial charge < -0.3 is 18.9 Å². The summed E-state index contributed by atoms with van der Waals surface area (Å²) in [5, 5.41) is 3.93. The van der Waals surface area contributed by atoms with E-state index in [0.29, 0.717) is 24.7 Å². The van der Waals surface area contributed by atoms with Gasteiger partial charge in [-0.1, -0.05) is 17.3 Å². The largest absolute Gasteiger partial charge is 0.493 e. The number of benzene rings is 1. The first-order chi connectivity index (χ1) is 14.5. The van der Waals surface area contributed by atoms with E-state index in [0.717, 1.165) is 28.3 Å². The number of aryl methyl sites for hydroxylation is 2. The third kappa shape index (κ3) is 5.26. The van der Waals surface area contributed by atoms with Crippen LogP contribution in [-0.2, 0) is 17.9 Å². The molecular weight excluding hydrogens is 382 g/mol. The quantitative estimate of drug-likeness (QED) is 0.526. The van der Waals surface area contributed by atoms with Gasteiger partial charge in [-0.3, -0.25) is 9.78 Å². The van der Waals surface area contributed by atoms with Gasteiger partial charge in [0.2, 0.25) is 5.91 Å². The lowest BCUT2D eigenvalue weighted by Crippen LogP contribution is -2.24. The predicted octanol–water partition coefficient (Wildman–Crippen LogP) is 3.95. The number of rotatable bonds is 8. The summed E-state index contributed by atoms with van der Waals surface area (Å²) in [5.74, 6) is 1.81. The van der Waals surface area contributed by atoms with Crippen molar-refractivity contribution in [3.63, 3.8) is 0 Å². The Kier molecular flexibility index (Phi) is 6.85. The van der Waals surface area contributed by atoms with Crippen LogP contribution in [0.2, 0.25) is 0 Å². The first-order valence-electron chi connectivity index (χ1n) is 9.53. The number of aromatic nitrogens is 2. The third-order valence-electron chi connectivity index (χ3n) is 4.66. The molecule has 2 heterocycles. The number of nitrogens with zero attached hydrogens (tertiary/aromatic N) is 3. The van der Waals surface area contributed by atoms with Gasteiger partial charge in [0.05, 0.1) is 30.6 Å². The molecule has 3 aromatic rings. The second kappa shape index (κ2) is 9.73. The van der Waals surface area contributed by atoms with Crippen molar-refractivity contribution in [1.82, 2.24) is 15.0 Å². The summed E-state index contributed by atoms with van der Waals surface area (Å²) in [4.78, 5) is 18.2. The van der Waals surface area contributed by atoms with Crippen molar-refractivity contribution < 1.29 is 18.8 Å². The Labute approximate surface area is 175 Å². The van der Waals surface area contributed by atoms with Crippen LogP contribution < -0.4 is 9.47 Å². The van der Waals surface area contributed by atoms with E-state index in [1.807, 2.05) is 50.2 Å². The summed E-state index contributed by atoms with van der Waals surface area (Å²) in [5.41, 5.74) is 3.39. The van der Waals surface area contributed by atoms with E-state index in [4.69, 9.17) is 14.0 Å². The van der Waals surface area contributed by atoms with E-state index in [2.05, 4.69) is 10.1 Å². The van der Waals surface area contributed by atoms with Crippen molar-refractivity contribution >= 4 is 12.0 Å². The fraction of sp³-hybridized carbons (Fsp3) is 0.261. The van der Waals surface area contributed by atoms with Crippen LogP contribution in [-0.4, -0.2) is 35.1 Å². The SMILES string of the molecule is COc1cc(C=CC(=O)N(C)Cc2ccccn2)ccc1OCc1c(C)noc1C. The van der Waals surface area contributed by atoms with Gasteiger partial charge in [0, 0.05) is 19.3 Å². The van der Waals surface area contributed by atoms with Crippen molar-refractivity contribution in [1.29, 1.82) is 0 Å². The van der Waals surface area contributed by atoms with Gasteiger partial charge in [-0.2, -0.15) is 0 Å². The van der Waals surface area contributed by atoms with Gasteiger partial charge in [0.15, 0.2) is 11.5 Å². The van der Waals surface area contributed by atoms with Crippen molar-refractivity contribution in [3.05, 3.63) is 76.9 Å². The Morgan fingerprint density at radius 3 is 2.70 bits per heavy atom. The molecule has 0 aliphatic heterocycles. The maximum atomic E-state index is 12.4. The Hall–Kier alpha value is -3.61. The lowest BCUT2D eigenvalue weighted by molar-refractivity contribution is -0.125. The highest BCUT2D eigenvalue weighted by molar-refractivity contribution is 5.91. The maximum Gasteiger partial charge on any atom is 0.246 e. The number of likely N-dealkylation sites (N-methyl/N-ethyl adjacent to an activating group) is 1. The normalized spacial score (nSPS) is 10.9. The molecule has 0 spiro atoms. The van der Waals surface area contributed by atoms with E-state index >= 15 is 0 Å². The zero-order valence-corrected chi connectivity index (χ0v) is 17.6. The van der Waals surface area contributed by atoms with Crippen molar-refractivity contribution in [3.8, 4) is 11.5 Å². The van der Waals surface area contributed by atoms with Crippen LogP contribution in [0.4, 0.5) is 0 Å². The Bertz CT molecular complexity index is 1010. The number of carbonyl (C=O) groups is 1. The molecule has 156 valence electrons. The summed E-state index contributed by atoms with van der Waals surface area (Å²) < 4.78 is 16.5. The third-order valence-corrected chi connectivity index (χ3v) is 4.66. The zero-order chi connectivity index (χ0) is 21.5. The first kappa shape index (κ1) is 21.1. The number of hydrogen-bond acceptors (Lipinski definition) is 6. The molecule has 1 amide bonds. The molecule has 0 aliphatic rings. The lowest BCUT2D eigenvalue weighted by atomic mass is 10.1. The molecule has 0 unspecified atom stereocenters. The summed E-state index contributed by atoms with van der Waals surface area (Å²) >= 11 is 0. The highest BCUT2D eigenvalue weighted by Crippen LogP contribution is 2.30. The van der Waals surface area contributed by atoms with Crippen LogP contribution in [0.25, 0.3) is 6.08 Å². The van der Waals surface area contributed by atoms with Gasteiger partial charge in [0.25, 0.3) is 0 Å². The maximum absolute atomic E-state index is 12.4. The number of methoxy groups -OCH3 is 1. The molecule has 0 atom stereocenters. The average Bonchev–Trinajstić information content (AvgIpc) is 3.08. The first-order valence-corrected chi connectivity index (χ1v) is 9.53. The molecule has 1 aromatic carbocycles. The lowest BCUT2D eigenvalue weighted by Gasteiger charge is -2.14. The molecule has 0 N–H and O–H groups in total. The van der Waals surface area contributed by atoms with Gasteiger partial charge in [-0.05, 0) is 49.8 Å². The summed E-state index contributed by atoms with van der Waals surface area (Å²) in [6.45, 7) is 4.51. The number of hydrogen-bond donors (Lipinski definition) is 0. The van der Waals surface area contributed by atoms with E-state index in [1.54, 1.807) is 31.3 Å². The Morgan fingerprint density at radius 1 is 1.20 bits per heavy atom. The molecule has 0 fully saturated rings. The van der Waals surface area contributed by atoms with E-state index < -0.39 is 0 Å². The minimum atomic E-state index is -0.113. The highest BCUT2D eigenvalue weighted by Gasteiger charge is 2.12. The van der Waals surface area contributed by atoms with Crippen LogP contribution in [0.5, 0.6) is 11.5 Å². The van der Waals surface area contributed by atoms with Gasteiger partial charge in [0.1, 0.15) is 12.4 Å². The summed E-state index contributed by atoms with van der Waals surface area (Å²) in [6.07, 6.45) is 4.99.